The molecule has 0 heterocycles. The lowest BCUT2D eigenvalue weighted by molar-refractivity contribution is 0.482. The van der Waals surface area contributed by atoms with E-state index in [1.54, 1.807) is 0 Å². The smallest absolute Gasteiger partial charge is 0.127 e. The van der Waals surface area contributed by atoms with Gasteiger partial charge in [-0.3, -0.25) is 0 Å². The van der Waals surface area contributed by atoms with E-state index in [4.69, 9.17) is 4.74 Å². The number of hydrogen-bond donors (Lipinski definition) is 0. The highest BCUT2D eigenvalue weighted by molar-refractivity contribution is 9.08. The Kier molecular flexibility index (Phi) is 3.62. The summed E-state index contributed by atoms with van der Waals surface area (Å²) in [7, 11) is 0. The van der Waals surface area contributed by atoms with Gasteiger partial charge in [-0.05, 0) is 42.3 Å². The average molecular weight is 277 g/mol. The summed E-state index contributed by atoms with van der Waals surface area (Å²) < 4.78 is 5.74. The number of aryl methyl sites for hydroxylation is 1. The minimum atomic E-state index is 0.869. The molecule has 0 amide bonds. The quantitative estimate of drug-likeness (QED) is 0.740. The van der Waals surface area contributed by atoms with Crippen LogP contribution in [0.4, 0.5) is 0 Å². The first-order valence-corrected chi connectivity index (χ1v) is 6.30. The molecule has 0 radical (unpaired) electrons. The maximum absolute atomic E-state index is 5.74. The van der Waals surface area contributed by atoms with Gasteiger partial charge in [-0.2, -0.15) is 0 Å². The Balaban J connectivity index is 2.20. The highest BCUT2D eigenvalue weighted by Gasteiger charge is 2.00. The molecule has 0 bridgehead atoms. The van der Waals surface area contributed by atoms with Crippen LogP contribution in [0.2, 0.25) is 0 Å². The summed E-state index contributed by atoms with van der Waals surface area (Å²) in [4.78, 5) is 0. The van der Waals surface area contributed by atoms with Crippen molar-refractivity contribution >= 4 is 15.9 Å². The number of ether oxygens (including phenoxy) is 1. The Morgan fingerprint density at radius 3 is 2.38 bits per heavy atom. The molecule has 2 rings (SSSR count). The van der Waals surface area contributed by atoms with Crippen molar-refractivity contribution in [2.45, 2.75) is 12.3 Å². The lowest BCUT2D eigenvalue weighted by Crippen LogP contribution is -1.88. The number of benzene rings is 2. The van der Waals surface area contributed by atoms with E-state index < -0.39 is 0 Å². The molecule has 0 aliphatic rings. The first kappa shape index (κ1) is 11.2. The molecule has 0 N–H and O–H groups in total. The van der Waals surface area contributed by atoms with Crippen LogP contribution in [0.1, 0.15) is 11.1 Å². The molecule has 16 heavy (non-hydrogen) atoms. The third kappa shape index (κ3) is 2.64. The van der Waals surface area contributed by atoms with Crippen LogP contribution in [0, 0.1) is 6.92 Å². The number of para-hydroxylation sites is 1. The van der Waals surface area contributed by atoms with Crippen LogP contribution in [0.3, 0.4) is 0 Å². The van der Waals surface area contributed by atoms with Gasteiger partial charge in [0.05, 0.1) is 0 Å². The maximum atomic E-state index is 5.74. The van der Waals surface area contributed by atoms with Crippen LogP contribution in [0.25, 0.3) is 0 Å². The van der Waals surface area contributed by atoms with Gasteiger partial charge < -0.3 is 4.74 Å². The van der Waals surface area contributed by atoms with Crippen molar-refractivity contribution in [2.24, 2.45) is 0 Å². The fourth-order valence-corrected chi connectivity index (χ4v) is 2.14. The Morgan fingerprint density at radius 2 is 1.75 bits per heavy atom. The Bertz CT molecular complexity index is 465. The van der Waals surface area contributed by atoms with E-state index in [-0.39, 0.29) is 0 Å². The molecular formula is C14H13BrO. The van der Waals surface area contributed by atoms with Gasteiger partial charge in [-0.25, -0.2) is 0 Å². The van der Waals surface area contributed by atoms with E-state index in [2.05, 4.69) is 35.0 Å². The molecule has 0 spiro atoms. The minimum Gasteiger partial charge on any atom is -0.457 e. The Hall–Kier alpha value is -1.28. The first-order valence-electron chi connectivity index (χ1n) is 5.18. The average Bonchev–Trinajstić information content (AvgIpc) is 2.31. The van der Waals surface area contributed by atoms with Crippen LogP contribution >= 0.6 is 15.9 Å². The number of halogens is 1. The van der Waals surface area contributed by atoms with Gasteiger partial charge in [-0.15, -0.1) is 0 Å². The summed E-state index contributed by atoms with van der Waals surface area (Å²) in [6.07, 6.45) is 0. The van der Waals surface area contributed by atoms with E-state index in [0.29, 0.717) is 0 Å². The highest BCUT2D eigenvalue weighted by atomic mass is 79.9. The minimum absolute atomic E-state index is 0.869. The van der Waals surface area contributed by atoms with Crippen LogP contribution in [-0.2, 0) is 5.33 Å². The van der Waals surface area contributed by atoms with Crippen molar-refractivity contribution in [2.75, 3.05) is 0 Å². The topological polar surface area (TPSA) is 9.23 Å². The third-order valence-electron chi connectivity index (χ3n) is 2.44. The van der Waals surface area contributed by atoms with Gasteiger partial charge in [0.15, 0.2) is 0 Å². The van der Waals surface area contributed by atoms with E-state index >= 15 is 0 Å². The molecule has 0 aromatic heterocycles. The maximum Gasteiger partial charge on any atom is 0.127 e. The zero-order valence-electron chi connectivity index (χ0n) is 9.11. The van der Waals surface area contributed by atoms with E-state index in [0.717, 1.165) is 16.8 Å². The highest BCUT2D eigenvalue weighted by Crippen LogP contribution is 2.24. The second-order valence-electron chi connectivity index (χ2n) is 3.64. The molecule has 2 aromatic carbocycles. The third-order valence-corrected chi connectivity index (χ3v) is 3.04. The summed E-state index contributed by atoms with van der Waals surface area (Å²) >= 11 is 3.46. The molecule has 1 nitrogen and oxygen atoms in total. The first-order chi connectivity index (χ1) is 7.79. The lowest BCUT2D eigenvalue weighted by atomic mass is 10.1. The summed E-state index contributed by atoms with van der Waals surface area (Å²) in [5.41, 5.74) is 2.53. The lowest BCUT2D eigenvalue weighted by Gasteiger charge is -2.08. The zero-order chi connectivity index (χ0) is 11.4. The van der Waals surface area contributed by atoms with Gasteiger partial charge in [-0.1, -0.05) is 40.2 Å². The normalized spacial score (nSPS) is 10.1. The molecule has 2 aromatic rings. The fourth-order valence-electron chi connectivity index (χ4n) is 1.51. The van der Waals surface area contributed by atoms with Crippen LogP contribution in [0.15, 0.2) is 48.5 Å². The van der Waals surface area contributed by atoms with Crippen molar-refractivity contribution in [3.05, 3.63) is 59.7 Å². The van der Waals surface area contributed by atoms with Gasteiger partial charge in [0.2, 0.25) is 0 Å². The van der Waals surface area contributed by atoms with Crippen LogP contribution in [-0.4, -0.2) is 0 Å². The SMILES string of the molecule is Cc1cc(Oc2ccccc2)ccc1CBr. The van der Waals surface area contributed by atoms with Crippen molar-refractivity contribution in [3.8, 4) is 11.5 Å². The standard InChI is InChI=1S/C14H13BrO/c1-11-9-14(8-7-12(11)10-15)16-13-5-3-2-4-6-13/h2-9H,10H2,1H3. The molecule has 0 atom stereocenters. The van der Waals surface area contributed by atoms with Crippen LogP contribution < -0.4 is 4.74 Å². The second-order valence-corrected chi connectivity index (χ2v) is 4.20. The fraction of sp³-hybridized carbons (Fsp3) is 0.143. The number of hydrogen-bond acceptors (Lipinski definition) is 1. The van der Waals surface area contributed by atoms with Crippen molar-refractivity contribution in [1.29, 1.82) is 0 Å². The second kappa shape index (κ2) is 5.17. The summed E-state index contributed by atoms with van der Waals surface area (Å²) in [5.74, 6) is 1.75. The Morgan fingerprint density at radius 1 is 1.00 bits per heavy atom. The zero-order valence-corrected chi connectivity index (χ0v) is 10.7. The number of alkyl halides is 1. The Labute approximate surface area is 104 Å². The summed E-state index contributed by atoms with van der Waals surface area (Å²) in [5, 5.41) is 0.879. The number of rotatable bonds is 3. The van der Waals surface area contributed by atoms with Gasteiger partial charge in [0, 0.05) is 5.33 Å². The van der Waals surface area contributed by atoms with Crippen molar-refractivity contribution in [3.63, 3.8) is 0 Å². The van der Waals surface area contributed by atoms with Crippen molar-refractivity contribution in [1.82, 2.24) is 0 Å². The predicted molar refractivity (Wildman–Crippen MR) is 70.3 cm³/mol. The van der Waals surface area contributed by atoms with Crippen molar-refractivity contribution < 1.29 is 4.74 Å². The monoisotopic (exact) mass is 276 g/mol. The van der Waals surface area contributed by atoms with E-state index in [9.17, 15) is 0 Å². The van der Waals surface area contributed by atoms with Gasteiger partial charge in [0.1, 0.15) is 11.5 Å². The molecular weight excluding hydrogens is 264 g/mol. The summed E-state index contributed by atoms with van der Waals surface area (Å²) in [6, 6.07) is 16.0. The molecule has 0 fully saturated rings. The van der Waals surface area contributed by atoms with E-state index in [1.165, 1.54) is 11.1 Å². The molecule has 0 aliphatic carbocycles. The molecule has 2 heteroatoms. The molecule has 82 valence electrons. The molecule has 0 aliphatic heterocycles. The predicted octanol–water partition coefficient (Wildman–Crippen LogP) is 4.68. The van der Waals surface area contributed by atoms with E-state index in [1.807, 2.05) is 36.4 Å². The summed E-state index contributed by atoms with van der Waals surface area (Å²) in [6.45, 7) is 2.09. The molecule has 0 saturated carbocycles. The molecule has 0 unspecified atom stereocenters. The molecule has 0 saturated heterocycles. The van der Waals surface area contributed by atoms with Crippen LogP contribution in [0.5, 0.6) is 11.5 Å². The largest absolute Gasteiger partial charge is 0.457 e. The van der Waals surface area contributed by atoms with Gasteiger partial charge in [0.25, 0.3) is 0 Å². The van der Waals surface area contributed by atoms with Gasteiger partial charge >= 0.3 is 0 Å².